The molecule has 1 aliphatic rings. The van der Waals surface area contributed by atoms with Crippen molar-refractivity contribution in [2.45, 2.75) is 56.7 Å². The van der Waals surface area contributed by atoms with Gasteiger partial charge in [-0.3, -0.25) is 14.4 Å². The van der Waals surface area contributed by atoms with E-state index in [4.69, 9.17) is 11.5 Å². The van der Waals surface area contributed by atoms with Gasteiger partial charge < -0.3 is 37.1 Å². The maximum absolute atomic E-state index is 13.0. The van der Waals surface area contributed by atoms with Crippen molar-refractivity contribution in [1.29, 1.82) is 0 Å². The molecule has 2 aromatic rings. The van der Waals surface area contributed by atoms with E-state index in [0.29, 0.717) is 32.4 Å². The summed E-state index contributed by atoms with van der Waals surface area (Å²) in [6, 6.07) is 4.85. The number of nitrogens with zero attached hydrogens (tertiary/aromatic N) is 1. The summed E-state index contributed by atoms with van der Waals surface area (Å²) in [7, 11) is 0. The highest BCUT2D eigenvalue weighted by Crippen LogP contribution is 2.21. The molecule has 3 amide bonds. The maximum Gasteiger partial charge on any atom is 0.326 e. The van der Waals surface area contributed by atoms with Crippen molar-refractivity contribution in [3.05, 3.63) is 36.0 Å². The molecule has 1 aromatic carbocycles. The Hall–Kier alpha value is -3.44. The van der Waals surface area contributed by atoms with Gasteiger partial charge >= 0.3 is 5.97 Å². The molecule has 1 aromatic heterocycles. The standard InChI is InChI=1S/C24H34N6O5/c25-10-4-3-7-17(26)22(32)28-14-21(31)30-11-5-9-20(30)23(33)29-19(24(34)35)12-15-13-27-18-8-2-1-6-16(15)18/h1-2,6,8,13,17,19-20,27H,3-5,7,9-12,14,25-26H2,(H,28,32)(H,29,33)(H,34,35). The van der Waals surface area contributed by atoms with Crippen LogP contribution in [0.5, 0.6) is 0 Å². The Morgan fingerprint density at radius 2 is 1.97 bits per heavy atom. The highest BCUT2D eigenvalue weighted by atomic mass is 16.4. The number of hydrogen-bond acceptors (Lipinski definition) is 6. The number of carboxylic acids is 1. The molecule has 3 atom stereocenters. The van der Waals surface area contributed by atoms with E-state index >= 15 is 0 Å². The lowest BCUT2D eigenvalue weighted by atomic mass is 10.0. The number of amides is 3. The molecule has 8 N–H and O–H groups in total. The predicted octanol–water partition coefficient (Wildman–Crippen LogP) is -0.157. The summed E-state index contributed by atoms with van der Waals surface area (Å²) in [4.78, 5) is 54.2. The zero-order chi connectivity index (χ0) is 25.4. The molecule has 11 nitrogen and oxygen atoms in total. The molecule has 1 saturated heterocycles. The molecule has 1 aliphatic heterocycles. The van der Waals surface area contributed by atoms with Crippen molar-refractivity contribution in [1.82, 2.24) is 20.5 Å². The average molecular weight is 487 g/mol. The Labute approximate surface area is 203 Å². The first-order chi connectivity index (χ1) is 16.8. The first-order valence-corrected chi connectivity index (χ1v) is 11.9. The van der Waals surface area contributed by atoms with Crippen LogP contribution in [0.3, 0.4) is 0 Å². The number of unbranched alkanes of at least 4 members (excludes halogenated alkanes) is 1. The Balaban J connectivity index is 1.56. The molecular weight excluding hydrogens is 452 g/mol. The number of fused-ring (bicyclic) bond motifs is 1. The number of rotatable bonds is 12. The van der Waals surface area contributed by atoms with Gasteiger partial charge in [-0.2, -0.15) is 0 Å². The fourth-order valence-electron chi connectivity index (χ4n) is 4.36. The number of aromatic amines is 1. The van der Waals surface area contributed by atoms with Gasteiger partial charge in [-0.25, -0.2) is 4.79 Å². The van der Waals surface area contributed by atoms with Gasteiger partial charge in [0.05, 0.1) is 12.6 Å². The van der Waals surface area contributed by atoms with Gasteiger partial charge in [-0.15, -0.1) is 0 Å². The van der Waals surface area contributed by atoms with Crippen molar-refractivity contribution in [3.63, 3.8) is 0 Å². The summed E-state index contributed by atoms with van der Waals surface area (Å²) < 4.78 is 0. The number of para-hydroxylation sites is 1. The van der Waals surface area contributed by atoms with Gasteiger partial charge in [0, 0.05) is 30.1 Å². The number of carboxylic acid groups (broad SMARTS) is 1. The molecule has 0 saturated carbocycles. The van der Waals surface area contributed by atoms with Crippen LogP contribution in [0.4, 0.5) is 0 Å². The van der Waals surface area contributed by atoms with E-state index < -0.39 is 41.8 Å². The second-order valence-electron chi connectivity index (χ2n) is 8.82. The minimum Gasteiger partial charge on any atom is -0.480 e. The Kier molecular flexibility index (Phi) is 9.21. The van der Waals surface area contributed by atoms with Crippen LogP contribution in [0.25, 0.3) is 10.9 Å². The molecule has 0 spiro atoms. The number of nitrogens with one attached hydrogen (secondary N) is 3. The van der Waals surface area contributed by atoms with Crippen LogP contribution < -0.4 is 22.1 Å². The van der Waals surface area contributed by atoms with Crippen LogP contribution >= 0.6 is 0 Å². The molecule has 0 radical (unpaired) electrons. The van der Waals surface area contributed by atoms with Gasteiger partial charge in [-0.1, -0.05) is 24.6 Å². The molecule has 2 heterocycles. The minimum absolute atomic E-state index is 0.101. The number of aromatic nitrogens is 1. The first kappa shape index (κ1) is 26.2. The Morgan fingerprint density at radius 1 is 1.20 bits per heavy atom. The molecule has 1 fully saturated rings. The van der Waals surface area contributed by atoms with Gasteiger partial charge in [0.1, 0.15) is 12.1 Å². The van der Waals surface area contributed by atoms with E-state index in [9.17, 15) is 24.3 Å². The number of H-pyrrole nitrogens is 1. The Bertz CT molecular complexity index is 1050. The van der Waals surface area contributed by atoms with E-state index in [1.165, 1.54) is 4.90 Å². The van der Waals surface area contributed by atoms with E-state index in [2.05, 4.69) is 15.6 Å². The van der Waals surface area contributed by atoms with Crippen LogP contribution in [0.1, 0.15) is 37.7 Å². The third-order valence-corrected chi connectivity index (χ3v) is 6.31. The molecule has 3 unspecified atom stereocenters. The van der Waals surface area contributed by atoms with Crippen molar-refractivity contribution < 1.29 is 24.3 Å². The predicted molar refractivity (Wildman–Crippen MR) is 130 cm³/mol. The van der Waals surface area contributed by atoms with Crippen molar-refractivity contribution in [2.24, 2.45) is 11.5 Å². The molecule has 35 heavy (non-hydrogen) atoms. The SMILES string of the molecule is NCCCCC(N)C(=O)NCC(=O)N1CCCC1C(=O)NC(Cc1c[nH]c2ccccc12)C(=O)O. The largest absolute Gasteiger partial charge is 0.480 e. The quantitative estimate of drug-likeness (QED) is 0.225. The van der Waals surface area contributed by atoms with Gasteiger partial charge in [0.15, 0.2) is 0 Å². The normalized spacial score (nSPS) is 17.2. The molecular formula is C24H34N6O5. The number of carbonyl (C=O) groups is 4. The van der Waals surface area contributed by atoms with E-state index in [0.717, 1.165) is 29.3 Å². The summed E-state index contributed by atoms with van der Waals surface area (Å²) in [5, 5.41) is 15.7. The number of likely N-dealkylation sites (tertiary alicyclic amines) is 1. The van der Waals surface area contributed by atoms with E-state index in [-0.39, 0.29) is 13.0 Å². The molecule has 0 bridgehead atoms. The number of carbonyl (C=O) groups excluding carboxylic acids is 3. The lowest BCUT2D eigenvalue weighted by molar-refractivity contribution is -0.144. The third kappa shape index (κ3) is 6.80. The van der Waals surface area contributed by atoms with E-state index in [1.807, 2.05) is 24.3 Å². The average Bonchev–Trinajstić information content (AvgIpc) is 3.49. The van der Waals surface area contributed by atoms with E-state index in [1.54, 1.807) is 6.20 Å². The summed E-state index contributed by atoms with van der Waals surface area (Å²) in [5.74, 6) is -2.52. The lowest BCUT2D eigenvalue weighted by Crippen LogP contribution is -2.53. The first-order valence-electron chi connectivity index (χ1n) is 11.9. The summed E-state index contributed by atoms with van der Waals surface area (Å²) >= 11 is 0. The summed E-state index contributed by atoms with van der Waals surface area (Å²) in [5.41, 5.74) is 12.9. The zero-order valence-electron chi connectivity index (χ0n) is 19.7. The number of benzene rings is 1. The monoisotopic (exact) mass is 486 g/mol. The minimum atomic E-state index is -1.16. The van der Waals surface area contributed by atoms with Crippen LogP contribution in [-0.4, -0.2) is 76.4 Å². The van der Waals surface area contributed by atoms with Crippen molar-refractivity contribution in [2.75, 3.05) is 19.6 Å². The van der Waals surface area contributed by atoms with Crippen LogP contribution in [0.2, 0.25) is 0 Å². The summed E-state index contributed by atoms with van der Waals surface area (Å²) in [6.45, 7) is 0.607. The summed E-state index contributed by atoms with van der Waals surface area (Å²) in [6.07, 6.45) is 4.82. The highest BCUT2D eigenvalue weighted by Gasteiger charge is 2.36. The van der Waals surface area contributed by atoms with Crippen LogP contribution in [-0.2, 0) is 25.6 Å². The second kappa shape index (κ2) is 12.3. The highest BCUT2D eigenvalue weighted by molar-refractivity contribution is 5.93. The van der Waals surface area contributed by atoms with Crippen LogP contribution in [0, 0.1) is 0 Å². The zero-order valence-corrected chi connectivity index (χ0v) is 19.7. The molecule has 190 valence electrons. The number of nitrogens with two attached hydrogens (primary N) is 2. The van der Waals surface area contributed by atoms with Gasteiger partial charge in [0.2, 0.25) is 17.7 Å². The third-order valence-electron chi connectivity index (χ3n) is 6.31. The van der Waals surface area contributed by atoms with Crippen molar-refractivity contribution in [3.8, 4) is 0 Å². The number of aliphatic carboxylic acids is 1. The van der Waals surface area contributed by atoms with Crippen molar-refractivity contribution >= 4 is 34.6 Å². The Morgan fingerprint density at radius 3 is 2.71 bits per heavy atom. The fourth-order valence-corrected chi connectivity index (χ4v) is 4.36. The maximum atomic E-state index is 13.0. The molecule has 0 aliphatic carbocycles. The fraction of sp³-hybridized carbons (Fsp3) is 0.500. The molecule has 3 rings (SSSR count). The van der Waals surface area contributed by atoms with Gasteiger partial charge in [-0.05, 0) is 43.9 Å². The smallest absolute Gasteiger partial charge is 0.326 e. The second-order valence-corrected chi connectivity index (χ2v) is 8.82. The number of hydrogen-bond donors (Lipinski definition) is 6. The molecule has 11 heteroatoms. The lowest BCUT2D eigenvalue weighted by Gasteiger charge is -2.26. The van der Waals surface area contributed by atoms with Crippen LogP contribution in [0.15, 0.2) is 30.5 Å². The van der Waals surface area contributed by atoms with Gasteiger partial charge in [0.25, 0.3) is 0 Å². The topological polar surface area (TPSA) is 184 Å².